The van der Waals surface area contributed by atoms with Crippen LogP contribution in [0.5, 0.6) is 0 Å². The molecule has 1 aromatic carbocycles. The number of hydrogen-bond acceptors (Lipinski definition) is 2. The first-order valence-electron chi connectivity index (χ1n) is 7.60. The van der Waals surface area contributed by atoms with Crippen molar-refractivity contribution < 1.29 is 4.79 Å². The van der Waals surface area contributed by atoms with Gasteiger partial charge in [0.2, 0.25) is 0 Å². The molecule has 3 heteroatoms. The predicted molar refractivity (Wildman–Crippen MR) is 84.1 cm³/mol. The number of hydrogen-bond donors (Lipinski definition) is 2. The number of carbonyl (C=O) groups is 1. The van der Waals surface area contributed by atoms with Crippen molar-refractivity contribution in [2.75, 3.05) is 18.4 Å². The maximum absolute atomic E-state index is 12.2. The molecule has 0 unspecified atom stereocenters. The zero-order valence-corrected chi connectivity index (χ0v) is 12.2. The van der Waals surface area contributed by atoms with E-state index in [9.17, 15) is 4.79 Å². The average Bonchev–Trinajstić information content (AvgIpc) is 2.49. The largest absolute Gasteiger partial charge is 0.385 e. The number of amides is 1. The number of rotatable bonds is 6. The first-order chi connectivity index (χ1) is 9.81. The molecule has 2 N–H and O–H groups in total. The quantitative estimate of drug-likeness (QED) is 0.775. The molecule has 0 bridgehead atoms. The minimum atomic E-state index is 0.0120. The van der Waals surface area contributed by atoms with Crippen LogP contribution in [0.1, 0.15) is 49.4 Å². The number of anilines is 1. The van der Waals surface area contributed by atoms with Crippen LogP contribution in [0.15, 0.2) is 35.9 Å². The van der Waals surface area contributed by atoms with Gasteiger partial charge in [-0.05, 0) is 51.2 Å². The van der Waals surface area contributed by atoms with Crippen molar-refractivity contribution in [1.82, 2.24) is 5.32 Å². The van der Waals surface area contributed by atoms with E-state index in [4.69, 9.17) is 0 Å². The van der Waals surface area contributed by atoms with Crippen LogP contribution in [-0.4, -0.2) is 19.0 Å². The van der Waals surface area contributed by atoms with Crippen molar-refractivity contribution in [3.63, 3.8) is 0 Å². The molecule has 0 spiro atoms. The average molecular weight is 272 g/mol. The summed E-state index contributed by atoms with van der Waals surface area (Å²) in [6.45, 7) is 3.58. The fraction of sp³-hybridized carbons (Fsp3) is 0.471. The van der Waals surface area contributed by atoms with E-state index in [-0.39, 0.29) is 5.91 Å². The van der Waals surface area contributed by atoms with Crippen LogP contribution in [0.4, 0.5) is 5.69 Å². The van der Waals surface area contributed by atoms with Gasteiger partial charge in [-0.3, -0.25) is 4.79 Å². The second kappa shape index (κ2) is 7.73. The highest BCUT2D eigenvalue weighted by atomic mass is 16.1. The van der Waals surface area contributed by atoms with E-state index in [0.717, 1.165) is 30.8 Å². The van der Waals surface area contributed by atoms with E-state index in [2.05, 4.69) is 16.7 Å². The third-order valence-electron chi connectivity index (χ3n) is 3.66. The minimum Gasteiger partial charge on any atom is -0.385 e. The fourth-order valence-electron chi connectivity index (χ4n) is 2.59. The highest BCUT2D eigenvalue weighted by Gasteiger charge is 2.10. The molecule has 1 aliphatic rings. The van der Waals surface area contributed by atoms with Gasteiger partial charge in [0.1, 0.15) is 0 Å². The first kappa shape index (κ1) is 14.6. The highest BCUT2D eigenvalue weighted by Crippen LogP contribution is 2.19. The van der Waals surface area contributed by atoms with E-state index in [0.29, 0.717) is 0 Å². The third kappa shape index (κ3) is 4.12. The van der Waals surface area contributed by atoms with Crippen molar-refractivity contribution >= 4 is 11.6 Å². The molecule has 20 heavy (non-hydrogen) atoms. The molecule has 0 fully saturated rings. The Morgan fingerprint density at radius 3 is 2.85 bits per heavy atom. The van der Waals surface area contributed by atoms with Gasteiger partial charge in [-0.25, -0.2) is 0 Å². The highest BCUT2D eigenvalue weighted by molar-refractivity contribution is 5.99. The Morgan fingerprint density at radius 1 is 1.25 bits per heavy atom. The number of nitrogens with one attached hydrogen (secondary N) is 2. The van der Waals surface area contributed by atoms with Crippen molar-refractivity contribution in [3.8, 4) is 0 Å². The molecule has 1 aliphatic carbocycles. The lowest BCUT2D eigenvalue weighted by Crippen LogP contribution is -2.25. The van der Waals surface area contributed by atoms with Crippen LogP contribution in [0.2, 0.25) is 0 Å². The molecule has 0 saturated heterocycles. The molecule has 1 amide bonds. The van der Waals surface area contributed by atoms with Crippen LogP contribution >= 0.6 is 0 Å². The number of benzene rings is 1. The molecule has 108 valence electrons. The van der Waals surface area contributed by atoms with Gasteiger partial charge in [0.05, 0.1) is 5.56 Å². The normalized spacial score (nSPS) is 14.6. The number of carbonyl (C=O) groups excluding carboxylic acids is 1. The van der Waals surface area contributed by atoms with Crippen LogP contribution in [-0.2, 0) is 0 Å². The van der Waals surface area contributed by atoms with Crippen molar-refractivity contribution in [3.05, 3.63) is 41.5 Å². The Hall–Kier alpha value is -1.77. The lowest BCUT2D eigenvalue weighted by atomic mass is 9.97. The van der Waals surface area contributed by atoms with Gasteiger partial charge in [0, 0.05) is 18.8 Å². The van der Waals surface area contributed by atoms with Crippen LogP contribution in [0, 0.1) is 0 Å². The Kier molecular flexibility index (Phi) is 5.66. The summed E-state index contributed by atoms with van der Waals surface area (Å²) in [5.74, 6) is 0.0120. The molecule has 0 atom stereocenters. The molecule has 0 heterocycles. The third-order valence-corrected chi connectivity index (χ3v) is 3.66. The fourth-order valence-corrected chi connectivity index (χ4v) is 2.59. The summed E-state index contributed by atoms with van der Waals surface area (Å²) >= 11 is 0. The van der Waals surface area contributed by atoms with Gasteiger partial charge in [-0.1, -0.05) is 23.8 Å². The molecule has 0 radical (unpaired) electrons. The molecule has 0 aliphatic heterocycles. The van der Waals surface area contributed by atoms with E-state index < -0.39 is 0 Å². The maximum Gasteiger partial charge on any atom is 0.253 e. The van der Waals surface area contributed by atoms with E-state index in [1.807, 2.05) is 31.2 Å². The molecule has 3 nitrogen and oxygen atoms in total. The monoisotopic (exact) mass is 272 g/mol. The molecule has 0 saturated carbocycles. The van der Waals surface area contributed by atoms with Crippen molar-refractivity contribution in [2.45, 2.75) is 39.0 Å². The Bertz CT molecular complexity index is 480. The van der Waals surface area contributed by atoms with Gasteiger partial charge in [0.25, 0.3) is 5.91 Å². The predicted octanol–water partition coefficient (Wildman–Crippen LogP) is 3.74. The lowest BCUT2D eigenvalue weighted by Gasteiger charge is -2.14. The molecular formula is C17H24N2O. The topological polar surface area (TPSA) is 41.1 Å². The zero-order valence-electron chi connectivity index (χ0n) is 12.2. The Labute approximate surface area is 121 Å². The van der Waals surface area contributed by atoms with Crippen LogP contribution in [0.3, 0.4) is 0 Å². The zero-order chi connectivity index (χ0) is 14.2. The SMILES string of the molecule is CCNc1ccccc1C(=O)NCCC1=CCCCC1. The second-order valence-electron chi connectivity index (χ2n) is 5.19. The number of para-hydroxylation sites is 1. The summed E-state index contributed by atoms with van der Waals surface area (Å²) in [4.78, 5) is 12.2. The van der Waals surface area contributed by atoms with Gasteiger partial charge in [0.15, 0.2) is 0 Å². The number of allylic oxidation sites excluding steroid dienone is 1. The standard InChI is InChI=1S/C17H24N2O/c1-2-18-16-11-7-6-10-15(16)17(20)19-13-12-14-8-4-3-5-9-14/h6-8,10-11,18H,2-5,9,12-13H2,1H3,(H,19,20). The van der Waals surface area contributed by atoms with Crippen molar-refractivity contribution in [1.29, 1.82) is 0 Å². The molecular weight excluding hydrogens is 248 g/mol. The minimum absolute atomic E-state index is 0.0120. The summed E-state index contributed by atoms with van der Waals surface area (Å²) in [7, 11) is 0. The molecule has 1 aromatic rings. The Balaban J connectivity index is 1.86. The summed E-state index contributed by atoms with van der Waals surface area (Å²) in [5, 5.41) is 6.25. The van der Waals surface area contributed by atoms with E-state index >= 15 is 0 Å². The lowest BCUT2D eigenvalue weighted by molar-refractivity contribution is 0.0955. The van der Waals surface area contributed by atoms with Gasteiger partial charge < -0.3 is 10.6 Å². The molecule has 0 aromatic heterocycles. The first-order valence-corrected chi connectivity index (χ1v) is 7.60. The summed E-state index contributed by atoms with van der Waals surface area (Å²) < 4.78 is 0. The van der Waals surface area contributed by atoms with Gasteiger partial charge >= 0.3 is 0 Å². The smallest absolute Gasteiger partial charge is 0.253 e. The summed E-state index contributed by atoms with van der Waals surface area (Å²) in [6.07, 6.45) is 8.32. The van der Waals surface area contributed by atoms with E-state index in [1.54, 1.807) is 0 Å². The van der Waals surface area contributed by atoms with Crippen LogP contribution in [0.25, 0.3) is 0 Å². The van der Waals surface area contributed by atoms with Crippen LogP contribution < -0.4 is 10.6 Å². The summed E-state index contributed by atoms with van der Waals surface area (Å²) in [6, 6.07) is 7.66. The van der Waals surface area contributed by atoms with Gasteiger partial charge in [-0.2, -0.15) is 0 Å². The van der Waals surface area contributed by atoms with Gasteiger partial charge in [-0.15, -0.1) is 0 Å². The maximum atomic E-state index is 12.2. The summed E-state index contributed by atoms with van der Waals surface area (Å²) in [5.41, 5.74) is 3.13. The molecule has 2 rings (SSSR count). The second-order valence-corrected chi connectivity index (χ2v) is 5.19. The van der Waals surface area contributed by atoms with E-state index in [1.165, 1.54) is 31.3 Å². The Morgan fingerprint density at radius 2 is 2.10 bits per heavy atom. The van der Waals surface area contributed by atoms with Crippen molar-refractivity contribution in [2.24, 2.45) is 0 Å².